The van der Waals surface area contributed by atoms with Gasteiger partial charge in [-0.1, -0.05) is 0 Å². The number of aryl methyl sites for hydroxylation is 3. The summed E-state index contributed by atoms with van der Waals surface area (Å²) in [4.78, 5) is 16.2. The van der Waals surface area contributed by atoms with Crippen molar-refractivity contribution in [2.24, 2.45) is 7.05 Å². The van der Waals surface area contributed by atoms with Gasteiger partial charge in [-0.25, -0.2) is 4.98 Å². The molecule has 0 unspecified atom stereocenters. The van der Waals surface area contributed by atoms with E-state index in [2.05, 4.69) is 15.4 Å². The lowest BCUT2D eigenvalue weighted by molar-refractivity contribution is -0.122. The second-order valence-electron chi connectivity index (χ2n) is 5.10. The summed E-state index contributed by atoms with van der Waals surface area (Å²) in [6.07, 6.45) is 3.50. The first kappa shape index (κ1) is 14.3. The molecule has 0 fully saturated rings. The molecule has 1 amide bonds. The maximum atomic E-state index is 12.1. The molecule has 2 aromatic heterocycles. The molecule has 2 rings (SSSR count). The molecule has 2 aromatic rings. The molecule has 1 N–H and O–H groups in total. The highest BCUT2D eigenvalue weighted by atomic mass is 16.2. The van der Waals surface area contributed by atoms with Gasteiger partial charge in [-0.2, -0.15) is 5.10 Å². The Hall–Kier alpha value is -2.11. The topological polar surface area (TPSA) is 64.7 Å². The summed E-state index contributed by atoms with van der Waals surface area (Å²) in [5.74, 6) is 0.808. The van der Waals surface area contributed by atoms with Crippen molar-refractivity contribution >= 4 is 5.91 Å². The summed E-state index contributed by atoms with van der Waals surface area (Å²) < 4.78 is 3.67. The lowest BCUT2D eigenvalue weighted by Crippen LogP contribution is -2.30. The van der Waals surface area contributed by atoms with Crippen LogP contribution in [0.3, 0.4) is 0 Å². The highest BCUT2D eigenvalue weighted by Gasteiger charge is 2.18. The van der Waals surface area contributed by atoms with Crippen molar-refractivity contribution in [2.45, 2.75) is 40.3 Å². The Labute approximate surface area is 118 Å². The van der Waals surface area contributed by atoms with Crippen LogP contribution in [0.4, 0.5) is 0 Å². The van der Waals surface area contributed by atoms with E-state index in [-0.39, 0.29) is 18.5 Å². The molecule has 6 heteroatoms. The van der Waals surface area contributed by atoms with Gasteiger partial charge in [-0.05, 0) is 27.7 Å². The Bertz CT molecular complexity index is 626. The molecule has 0 aliphatic rings. The summed E-state index contributed by atoms with van der Waals surface area (Å²) in [5, 5.41) is 7.39. The number of imidazole rings is 1. The molecule has 0 saturated carbocycles. The molecule has 0 bridgehead atoms. The van der Waals surface area contributed by atoms with E-state index in [1.54, 1.807) is 12.4 Å². The highest BCUT2D eigenvalue weighted by molar-refractivity contribution is 5.76. The Morgan fingerprint density at radius 1 is 1.40 bits per heavy atom. The Morgan fingerprint density at radius 2 is 2.10 bits per heavy atom. The van der Waals surface area contributed by atoms with Gasteiger partial charge in [-0.15, -0.1) is 0 Å². The van der Waals surface area contributed by atoms with Crippen molar-refractivity contribution in [3.63, 3.8) is 0 Å². The van der Waals surface area contributed by atoms with Crippen LogP contribution in [0.15, 0.2) is 12.4 Å². The largest absolute Gasteiger partial charge is 0.348 e. The van der Waals surface area contributed by atoms with Gasteiger partial charge in [-0.3, -0.25) is 9.48 Å². The number of hydrogen-bond donors (Lipinski definition) is 1. The van der Waals surface area contributed by atoms with E-state index >= 15 is 0 Å². The van der Waals surface area contributed by atoms with Gasteiger partial charge in [0.15, 0.2) is 0 Å². The first-order valence-corrected chi connectivity index (χ1v) is 6.67. The summed E-state index contributed by atoms with van der Waals surface area (Å²) in [6, 6.07) is -0.0555. The van der Waals surface area contributed by atoms with E-state index in [9.17, 15) is 4.79 Å². The second kappa shape index (κ2) is 5.48. The average molecular weight is 275 g/mol. The van der Waals surface area contributed by atoms with Gasteiger partial charge < -0.3 is 9.88 Å². The molecule has 6 nitrogen and oxygen atoms in total. The third-order valence-electron chi connectivity index (χ3n) is 3.61. The Kier molecular flexibility index (Phi) is 3.92. The van der Waals surface area contributed by atoms with E-state index in [1.165, 1.54) is 0 Å². The van der Waals surface area contributed by atoms with Crippen molar-refractivity contribution < 1.29 is 4.79 Å². The van der Waals surface area contributed by atoms with Crippen molar-refractivity contribution in [1.29, 1.82) is 0 Å². The normalized spacial score (nSPS) is 12.4. The lowest BCUT2D eigenvalue weighted by atomic mass is 10.1. The van der Waals surface area contributed by atoms with Gasteiger partial charge in [0.2, 0.25) is 5.91 Å². The fourth-order valence-corrected chi connectivity index (χ4v) is 2.50. The van der Waals surface area contributed by atoms with Gasteiger partial charge in [0.05, 0.1) is 11.7 Å². The van der Waals surface area contributed by atoms with Crippen LogP contribution in [-0.2, 0) is 18.4 Å². The molecular weight excluding hydrogens is 254 g/mol. The highest BCUT2D eigenvalue weighted by Crippen LogP contribution is 2.20. The summed E-state index contributed by atoms with van der Waals surface area (Å²) in [5.41, 5.74) is 3.12. The van der Waals surface area contributed by atoms with Crippen LogP contribution in [0, 0.1) is 20.8 Å². The second-order valence-corrected chi connectivity index (χ2v) is 5.10. The minimum Gasteiger partial charge on any atom is -0.348 e. The zero-order valence-electron chi connectivity index (χ0n) is 12.6. The van der Waals surface area contributed by atoms with Gasteiger partial charge in [0, 0.05) is 30.7 Å². The van der Waals surface area contributed by atoms with Crippen LogP contribution in [0.25, 0.3) is 0 Å². The molecule has 1 atom stereocenters. The summed E-state index contributed by atoms with van der Waals surface area (Å²) in [6.45, 7) is 8.12. The number of amides is 1. The lowest BCUT2D eigenvalue weighted by Gasteiger charge is -2.15. The molecular formula is C14H21N5O. The number of rotatable bonds is 4. The van der Waals surface area contributed by atoms with Crippen LogP contribution in [0.5, 0.6) is 0 Å². The van der Waals surface area contributed by atoms with Gasteiger partial charge in [0.1, 0.15) is 12.4 Å². The minimum atomic E-state index is -0.0555. The van der Waals surface area contributed by atoms with E-state index in [0.29, 0.717) is 0 Å². The number of aromatic nitrogens is 4. The number of carbonyl (C=O) groups excluding carboxylic acids is 1. The predicted octanol–water partition coefficient (Wildman–Crippen LogP) is 1.42. The van der Waals surface area contributed by atoms with Crippen molar-refractivity contribution in [1.82, 2.24) is 24.6 Å². The molecule has 0 saturated heterocycles. The van der Waals surface area contributed by atoms with Crippen LogP contribution in [0.2, 0.25) is 0 Å². The average Bonchev–Trinajstić information content (AvgIpc) is 2.84. The zero-order valence-corrected chi connectivity index (χ0v) is 12.6. The zero-order chi connectivity index (χ0) is 14.9. The minimum absolute atomic E-state index is 0.0266. The molecule has 0 aliphatic heterocycles. The molecule has 20 heavy (non-hydrogen) atoms. The maximum absolute atomic E-state index is 12.1. The van der Waals surface area contributed by atoms with E-state index < -0.39 is 0 Å². The number of nitrogens with zero attached hydrogens (tertiary/aromatic N) is 4. The molecule has 0 aromatic carbocycles. The van der Waals surface area contributed by atoms with E-state index in [1.807, 2.05) is 44.0 Å². The number of carbonyl (C=O) groups is 1. The predicted molar refractivity (Wildman–Crippen MR) is 76.2 cm³/mol. The van der Waals surface area contributed by atoms with Gasteiger partial charge >= 0.3 is 0 Å². The van der Waals surface area contributed by atoms with Crippen molar-refractivity contribution in [3.05, 3.63) is 35.2 Å². The van der Waals surface area contributed by atoms with Gasteiger partial charge in [0.25, 0.3) is 0 Å². The Balaban J connectivity index is 2.06. The fraction of sp³-hybridized carbons (Fsp3) is 0.500. The van der Waals surface area contributed by atoms with Crippen LogP contribution >= 0.6 is 0 Å². The monoisotopic (exact) mass is 275 g/mol. The first-order chi connectivity index (χ1) is 9.40. The van der Waals surface area contributed by atoms with Crippen LogP contribution in [0.1, 0.15) is 35.7 Å². The van der Waals surface area contributed by atoms with E-state index in [0.717, 1.165) is 22.8 Å². The number of nitrogens with one attached hydrogen (secondary N) is 1. The molecule has 2 heterocycles. The number of hydrogen-bond acceptors (Lipinski definition) is 3. The molecule has 108 valence electrons. The third kappa shape index (κ3) is 2.74. The van der Waals surface area contributed by atoms with Crippen LogP contribution in [-0.4, -0.2) is 25.2 Å². The third-order valence-corrected chi connectivity index (χ3v) is 3.61. The van der Waals surface area contributed by atoms with Crippen molar-refractivity contribution in [2.75, 3.05) is 0 Å². The smallest absolute Gasteiger partial charge is 0.240 e. The summed E-state index contributed by atoms with van der Waals surface area (Å²) in [7, 11) is 1.91. The molecule has 0 aliphatic carbocycles. The maximum Gasteiger partial charge on any atom is 0.240 e. The first-order valence-electron chi connectivity index (χ1n) is 6.67. The van der Waals surface area contributed by atoms with Crippen LogP contribution < -0.4 is 5.32 Å². The van der Waals surface area contributed by atoms with Crippen molar-refractivity contribution in [3.8, 4) is 0 Å². The van der Waals surface area contributed by atoms with E-state index in [4.69, 9.17) is 0 Å². The standard InChI is InChI=1S/C14H21N5O/c1-9(14-10(2)17-18(5)11(14)3)16-13(20)8-19-7-6-15-12(19)4/h6-7,9H,8H2,1-5H3,(H,16,20)/t9-/m1/s1. The Morgan fingerprint density at radius 3 is 2.60 bits per heavy atom. The SMILES string of the molecule is Cc1nn(C)c(C)c1[C@@H](C)NC(=O)Cn1ccnc1C. The molecule has 0 spiro atoms. The quantitative estimate of drug-likeness (QED) is 0.917. The molecule has 0 radical (unpaired) electrons. The fourth-order valence-electron chi connectivity index (χ4n) is 2.50. The summed E-state index contributed by atoms with van der Waals surface area (Å²) >= 11 is 0.